The van der Waals surface area contributed by atoms with Crippen LogP contribution < -0.4 is 10.1 Å². The van der Waals surface area contributed by atoms with Gasteiger partial charge in [-0.2, -0.15) is 0 Å². The van der Waals surface area contributed by atoms with E-state index in [9.17, 15) is 0 Å². The third-order valence-electron chi connectivity index (χ3n) is 3.91. The lowest BCUT2D eigenvalue weighted by Gasteiger charge is -2.31. The van der Waals surface area contributed by atoms with Crippen molar-refractivity contribution < 1.29 is 4.74 Å². The molecule has 2 nitrogen and oxygen atoms in total. The van der Waals surface area contributed by atoms with Gasteiger partial charge in [0.2, 0.25) is 0 Å². The van der Waals surface area contributed by atoms with Crippen molar-refractivity contribution in [3.63, 3.8) is 0 Å². The van der Waals surface area contributed by atoms with E-state index in [0.29, 0.717) is 11.5 Å². The number of nitrogens with one attached hydrogen (secondary N) is 1. The Balaban J connectivity index is 2.13. The lowest BCUT2D eigenvalue weighted by atomic mass is 9.73. The molecule has 2 atom stereocenters. The first kappa shape index (κ1) is 9.22. The molecule has 0 aromatic heterocycles. The van der Waals surface area contributed by atoms with E-state index in [1.165, 1.54) is 24.0 Å². The van der Waals surface area contributed by atoms with Crippen LogP contribution >= 0.6 is 0 Å². The second-order valence-electron chi connectivity index (χ2n) is 5.07. The molecule has 0 unspecified atom stereocenters. The lowest BCUT2D eigenvalue weighted by Crippen LogP contribution is -2.28. The molecule has 2 aliphatic rings. The van der Waals surface area contributed by atoms with Crippen LogP contribution in [0.25, 0.3) is 0 Å². The Labute approximate surface area is 90.6 Å². The minimum Gasteiger partial charge on any atom is -0.497 e. The smallest absolute Gasteiger partial charge is 0.119 e. The van der Waals surface area contributed by atoms with Gasteiger partial charge in [-0.25, -0.2) is 0 Å². The van der Waals surface area contributed by atoms with Crippen molar-refractivity contribution >= 4 is 0 Å². The van der Waals surface area contributed by atoms with E-state index >= 15 is 0 Å². The number of rotatable bonds is 1. The fraction of sp³-hybridized carbons (Fsp3) is 0.538. The summed E-state index contributed by atoms with van der Waals surface area (Å²) < 4.78 is 5.31. The van der Waals surface area contributed by atoms with Gasteiger partial charge in [-0.05, 0) is 36.1 Å². The molecular formula is C13H17NO. The monoisotopic (exact) mass is 203 g/mol. The zero-order chi connectivity index (χ0) is 10.5. The molecule has 3 rings (SSSR count). The van der Waals surface area contributed by atoms with Crippen molar-refractivity contribution in [3.05, 3.63) is 29.3 Å². The summed E-state index contributed by atoms with van der Waals surface area (Å²) in [5.41, 5.74) is 3.31. The van der Waals surface area contributed by atoms with Gasteiger partial charge in [-0.1, -0.05) is 13.0 Å². The third kappa shape index (κ3) is 1.28. The zero-order valence-electron chi connectivity index (χ0n) is 9.34. The third-order valence-corrected chi connectivity index (χ3v) is 3.91. The molecule has 1 aromatic carbocycles. The van der Waals surface area contributed by atoms with Gasteiger partial charge in [-0.3, -0.25) is 0 Å². The predicted molar refractivity (Wildman–Crippen MR) is 60.5 cm³/mol. The van der Waals surface area contributed by atoms with E-state index in [1.54, 1.807) is 7.11 Å². The summed E-state index contributed by atoms with van der Waals surface area (Å²) in [5, 5.41) is 3.60. The molecule has 15 heavy (non-hydrogen) atoms. The van der Waals surface area contributed by atoms with Gasteiger partial charge >= 0.3 is 0 Å². The maximum Gasteiger partial charge on any atom is 0.119 e. The van der Waals surface area contributed by atoms with Gasteiger partial charge in [0.15, 0.2) is 0 Å². The fourth-order valence-corrected chi connectivity index (χ4v) is 3.10. The first-order valence-corrected chi connectivity index (χ1v) is 5.62. The number of benzene rings is 1. The van der Waals surface area contributed by atoms with E-state index in [-0.39, 0.29) is 0 Å². The first-order chi connectivity index (χ1) is 7.21. The van der Waals surface area contributed by atoms with E-state index in [2.05, 4.69) is 30.4 Å². The molecule has 80 valence electrons. The number of hydrogen-bond acceptors (Lipinski definition) is 2. The minimum atomic E-state index is 0.326. The molecule has 0 spiro atoms. The quantitative estimate of drug-likeness (QED) is 0.752. The van der Waals surface area contributed by atoms with Crippen LogP contribution in [0.4, 0.5) is 0 Å². The van der Waals surface area contributed by atoms with Crippen LogP contribution in [-0.2, 0) is 11.8 Å². The number of fused-ring (bicyclic) bond motifs is 4. The van der Waals surface area contributed by atoms with Gasteiger partial charge in [0.25, 0.3) is 0 Å². The summed E-state index contributed by atoms with van der Waals surface area (Å²) in [7, 11) is 1.74. The Bertz CT molecular complexity index is 402. The highest BCUT2D eigenvalue weighted by Gasteiger charge is 2.41. The van der Waals surface area contributed by atoms with E-state index < -0.39 is 0 Å². The molecule has 0 amide bonds. The van der Waals surface area contributed by atoms with Crippen molar-refractivity contribution in [2.45, 2.75) is 31.2 Å². The van der Waals surface area contributed by atoms with Crippen molar-refractivity contribution in [3.8, 4) is 5.75 Å². The Morgan fingerprint density at radius 3 is 3.13 bits per heavy atom. The standard InChI is InChI=1S/C13H17NO/c1-13-7-10(14-8-13)5-9-3-4-11(15-2)6-12(9)13/h3-4,6,10,14H,5,7-8H2,1-2H3/t10-,13+/m0/s1. The van der Waals surface area contributed by atoms with E-state index in [1.807, 2.05) is 0 Å². The summed E-state index contributed by atoms with van der Waals surface area (Å²) in [4.78, 5) is 0. The van der Waals surface area contributed by atoms with Gasteiger partial charge in [0, 0.05) is 18.0 Å². The van der Waals surface area contributed by atoms with Crippen molar-refractivity contribution in [2.75, 3.05) is 13.7 Å². The van der Waals surface area contributed by atoms with Crippen LogP contribution in [-0.4, -0.2) is 19.7 Å². The highest BCUT2D eigenvalue weighted by Crippen LogP contribution is 2.42. The van der Waals surface area contributed by atoms with Crippen LogP contribution in [0.3, 0.4) is 0 Å². The molecule has 2 heteroatoms. The Kier molecular flexibility index (Phi) is 1.84. The average Bonchev–Trinajstić information content (AvgIpc) is 2.56. The largest absolute Gasteiger partial charge is 0.497 e. The molecule has 0 radical (unpaired) electrons. The lowest BCUT2D eigenvalue weighted by molar-refractivity contribution is 0.408. The van der Waals surface area contributed by atoms with E-state index in [4.69, 9.17) is 4.74 Å². The highest BCUT2D eigenvalue weighted by atomic mass is 16.5. The van der Waals surface area contributed by atoms with Crippen LogP contribution in [0.2, 0.25) is 0 Å². The van der Waals surface area contributed by atoms with Gasteiger partial charge in [0.1, 0.15) is 5.75 Å². The average molecular weight is 203 g/mol. The van der Waals surface area contributed by atoms with Gasteiger partial charge in [-0.15, -0.1) is 0 Å². The predicted octanol–water partition coefficient (Wildman–Crippen LogP) is 1.87. The molecular weight excluding hydrogens is 186 g/mol. The molecule has 1 N–H and O–H groups in total. The Morgan fingerprint density at radius 2 is 2.33 bits per heavy atom. The molecule has 1 aromatic rings. The second-order valence-corrected chi connectivity index (χ2v) is 5.07. The summed E-state index contributed by atoms with van der Waals surface area (Å²) >= 11 is 0. The van der Waals surface area contributed by atoms with Crippen LogP contribution in [0.15, 0.2) is 18.2 Å². The molecule has 1 aliphatic heterocycles. The summed E-state index contributed by atoms with van der Waals surface area (Å²) in [6.45, 7) is 3.47. The number of ether oxygens (including phenoxy) is 1. The SMILES string of the molecule is COc1ccc2c(c1)[C@@]1(C)CN[C@@H](C2)C1. The summed E-state index contributed by atoms with van der Waals surface area (Å²) in [6.07, 6.45) is 2.45. The summed E-state index contributed by atoms with van der Waals surface area (Å²) in [5.74, 6) is 0.986. The van der Waals surface area contributed by atoms with Crippen LogP contribution in [0.5, 0.6) is 5.75 Å². The Morgan fingerprint density at radius 1 is 1.47 bits per heavy atom. The van der Waals surface area contributed by atoms with Gasteiger partial charge < -0.3 is 10.1 Å². The number of hydrogen-bond donors (Lipinski definition) is 1. The summed E-state index contributed by atoms with van der Waals surface area (Å²) in [6, 6.07) is 7.22. The molecule has 0 saturated carbocycles. The van der Waals surface area contributed by atoms with Gasteiger partial charge in [0.05, 0.1) is 7.11 Å². The normalized spacial score (nSPS) is 32.5. The zero-order valence-corrected chi connectivity index (χ0v) is 9.34. The highest BCUT2D eigenvalue weighted by molar-refractivity contribution is 5.44. The number of methoxy groups -OCH3 is 1. The van der Waals surface area contributed by atoms with E-state index in [0.717, 1.165) is 12.3 Å². The van der Waals surface area contributed by atoms with Crippen molar-refractivity contribution in [1.82, 2.24) is 5.32 Å². The molecule has 1 fully saturated rings. The topological polar surface area (TPSA) is 21.3 Å². The second kappa shape index (κ2) is 2.99. The fourth-order valence-electron chi connectivity index (χ4n) is 3.10. The van der Waals surface area contributed by atoms with Crippen molar-refractivity contribution in [1.29, 1.82) is 0 Å². The van der Waals surface area contributed by atoms with Crippen molar-refractivity contribution in [2.24, 2.45) is 0 Å². The molecule has 1 aliphatic carbocycles. The maximum atomic E-state index is 5.31. The first-order valence-electron chi connectivity index (χ1n) is 5.62. The van der Waals surface area contributed by atoms with Crippen LogP contribution in [0.1, 0.15) is 24.5 Å². The maximum absolute atomic E-state index is 5.31. The van der Waals surface area contributed by atoms with Crippen LogP contribution in [0, 0.1) is 0 Å². The molecule has 2 bridgehead atoms. The Hall–Kier alpha value is -1.02. The molecule has 1 heterocycles. The minimum absolute atomic E-state index is 0.326. The molecule has 1 saturated heterocycles.